The standard InChI is InChI=1S/C4H8O3/c5-2-1-4(7)3-6/h2,4,6-7H,1,3H2/i6D,7D. The molecule has 0 amide bonds. The Labute approximate surface area is 44.6 Å². The Morgan fingerprint density at radius 1 is 2.00 bits per heavy atom. The average molecular weight is 106 g/mol. The molecule has 0 rings (SSSR count). The maximum atomic E-state index is 9.77. The number of carbonyl (C=O) groups is 1. The molecule has 0 spiro atoms. The van der Waals surface area contributed by atoms with Gasteiger partial charge < -0.3 is 15.0 Å². The maximum Gasteiger partial charge on any atom is 0.211 e. The summed E-state index contributed by atoms with van der Waals surface area (Å²) in [4.78, 5) is 9.77. The second-order valence-electron chi connectivity index (χ2n) is 1.19. The summed E-state index contributed by atoms with van der Waals surface area (Å²) in [5.41, 5.74) is 0. The minimum Gasteiger partial charge on any atom is -0.394 e. The zero-order valence-corrected chi connectivity index (χ0v) is 3.79. The topological polar surface area (TPSA) is 57.5 Å². The Balaban J connectivity index is 3.28. The van der Waals surface area contributed by atoms with E-state index >= 15 is 0 Å². The van der Waals surface area contributed by atoms with E-state index in [1.54, 1.807) is 0 Å². The molecule has 0 saturated carbocycles. The molecule has 42 valence electrons. The first-order chi connectivity index (χ1) is 4.35. The third-order valence-corrected chi connectivity index (χ3v) is 0.545. The molecule has 0 aromatic rings. The number of hydrogen-bond donors (Lipinski definition) is 2. The summed E-state index contributed by atoms with van der Waals surface area (Å²) in [5.74, 6) is 0. The van der Waals surface area contributed by atoms with Crippen LogP contribution in [0.3, 0.4) is 0 Å². The van der Waals surface area contributed by atoms with Crippen LogP contribution in [0.15, 0.2) is 0 Å². The van der Waals surface area contributed by atoms with Crippen molar-refractivity contribution in [1.82, 2.24) is 0 Å². The van der Waals surface area contributed by atoms with Gasteiger partial charge in [-0.25, -0.2) is 0 Å². The highest BCUT2D eigenvalue weighted by molar-refractivity contribution is 5.49. The lowest BCUT2D eigenvalue weighted by Crippen LogP contribution is -2.11. The molecule has 0 aliphatic carbocycles. The van der Waals surface area contributed by atoms with Crippen molar-refractivity contribution in [3.63, 3.8) is 0 Å². The van der Waals surface area contributed by atoms with Crippen LogP contribution in [0.2, 0.25) is 0 Å². The number of rotatable bonds is 5. The molecule has 0 fully saturated rings. The van der Waals surface area contributed by atoms with E-state index < -0.39 is 6.10 Å². The molecular weight excluding hydrogens is 96.0 g/mol. The van der Waals surface area contributed by atoms with Gasteiger partial charge in [0, 0.05) is 6.42 Å². The molecule has 3 heteroatoms. The van der Waals surface area contributed by atoms with E-state index in [4.69, 9.17) is 2.86 Å². The fraction of sp³-hybridized carbons (Fsp3) is 0.750. The molecule has 0 aliphatic heterocycles. The zero-order valence-electron chi connectivity index (χ0n) is 5.79. The molecule has 3 nitrogen and oxygen atoms in total. The molecule has 0 saturated heterocycles. The van der Waals surface area contributed by atoms with Crippen LogP contribution < -0.4 is 0 Å². The first-order valence-electron chi connectivity index (χ1n) is 2.80. The fourth-order valence-electron chi connectivity index (χ4n) is 0.175. The average Bonchev–Trinajstić information content (AvgIpc) is 1.88. The van der Waals surface area contributed by atoms with Gasteiger partial charge in [-0.3, -0.25) is 0 Å². The quantitative estimate of drug-likeness (QED) is 0.439. The van der Waals surface area contributed by atoms with Crippen LogP contribution in [0.5, 0.6) is 0 Å². The van der Waals surface area contributed by atoms with Crippen molar-refractivity contribution < 1.29 is 15.0 Å². The minimum atomic E-state index is -0.597. The summed E-state index contributed by atoms with van der Waals surface area (Å²) < 4.78 is 12.6. The van der Waals surface area contributed by atoms with Gasteiger partial charge in [0.15, 0.2) is 0 Å². The number of aliphatic hydroxyl groups is 2. The predicted molar refractivity (Wildman–Crippen MR) is 23.8 cm³/mol. The zero-order chi connectivity index (χ0) is 7.11. The van der Waals surface area contributed by atoms with Crippen LogP contribution in [0.1, 0.15) is 6.42 Å². The van der Waals surface area contributed by atoms with Gasteiger partial charge in [0.05, 0.1) is 12.7 Å². The van der Waals surface area contributed by atoms with Gasteiger partial charge in [-0.2, -0.15) is 0 Å². The number of aldehydes is 1. The van der Waals surface area contributed by atoms with Gasteiger partial charge in [0.1, 0.15) is 6.29 Å². The minimum absolute atomic E-state index is 0.0394. The van der Waals surface area contributed by atoms with Crippen molar-refractivity contribution in [2.75, 3.05) is 6.61 Å². The Bertz CT molecular complexity index is 78.2. The van der Waals surface area contributed by atoms with E-state index in [1.807, 2.05) is 0 Å². The van der Waals surface area contributed by atoms with Gasteiger partial charge in [0.25, 0.3) is 0 Å². The second kappa shape index (κ2) is 3.77. The summed E-state index contributed by atoms with van der Waals surface area (Å²) in [6, 6.07) is 0. The molecule has 1 unspecified atom stereocenters. The molecule has 2 N–H and O–H groups in total. The van der Waals surface area contributed by atoms with Crippen LogP contribution >= 0.6 is 0 Å². The first-order valence-corrected chi connectivity index (χ1v) is 1.98. The first kappa shape index (κ1) is 3.57. The highest BCUT2D eigenvalue weighted by Gasteiger charge is 1.96. The van der Waals surface area contributed by atoms with Crippen molar-refractivity contribution in [1.29, 1.82) is 2.86 Å². The van der Waals surface area contributed by atoms with Gasteiger partial charge in [-0.1, -0.05) is 0 Å². The Morgan fingerprint density at radius 3 is 3.29 bits per heavy atom. The third kappa shape index (κ3) is 3.42. The summed E-state index contributed by atoms with van der Waals surface area (Å²) in [7, 11) is 0. The van der Waals surface area contributed by atoms with E-state index in [1.165, 1.54) is 0 Å². The summed E-state index contributed by atoms with van der Waals surface area (Å²) >= 11 is 0. The largest absolute Gasteiger partial charge is 0.394 e. The van der Waals surface area contributed by atoms with Crippen LogP contribution in [-0.2, 0) is 4.79 Å². The molecule has 1 atom stereocenters. The SMILES string of the molecule is [2H]OCC(CC=O)O[2H]. The normalized spacial score (nSPS) is 17.1. The van der Waals surface area contributed by atoms with Crippen molar-refractivity contribution in [2.24, 2.45) is 0 Å². The smallest absolute Gasteiger partial charge is 0.211 e. The highest BCUT2D eigenvalue weighted by Crippen LogP contribution is 1.81. The van der Waals surface area contributed by atoms with E-state index in [0.717, 1.165) is 0 Å². The van der Waals surface area contributed by atoms with Crippen molar-refractivity contribution in [2.45, 2.75) is 12.5 Å². The van der Waals surface area contributed by atoms with E-state index in [9.17, 15) is 4.79 Å². The van der Waals surface area contributed by atoms with E-state index in [0.29, 0.717) is 6.29 Å². The molecule has 0 aromatic heterocycles. The van der Waals surface area contributed by atoms with Gasteiger partial charge in [-0.05, 0) is 0 Å². The molecule has 0 aromatic carbocycles. The predicted octanol–water partition coefficient (Wildman–Crippen LogP) is -1.07. The molecule has 0 bridgehead atoms. The summed E-state index contributed by atoms with van der Waals surface area (Å²) in [6.45, 7) is -0.0394. The Kier molecular flexibility index (Phi) is 1.92. The molecule has 0 aliphatic rings. The highest BCUT2D eigenvalue weighted by atomic mass is 16.3. The lowest BCUT2D eigenvalue weighted by molar-refractivity contribution is -0.110. The lowest BCUT2D eigenvalue weighted by Gasteiger charge is -1.96. The molecular formula is C4H8O3. The molecule has 7 heavy (non-hydrogen) atoms. The lowest BCUT2D eigenvalue weighted by atomic mass is 10.3. The van der Waals surface area contributed by atoms with Crippen LogP contribution in [0.25, 0.3) is 0 Å². The van der Waals surface area contributed by atoms with Crippen LogP contribution in [0, 0.1) is 0 Å². The fourth-order valence-corrected chi connectivity index (χ4v) is 0.175. The number of carbonyl (C=O) groups excluding carboxylic acids is 1. The molecule has 0 heterocycles. The Hall–Kier alpha value is -0.410. The Morgan fingerprint density at radius 2 is 2.86 bits per heavy atom. The van der Waals surface area contributed by atoms with Crippen molar-refractivity contribution in [3.05, 3.63) is 0 Å². The maximum absolute atomic E-state index is 9.77. The van der Waals surface area contributed by atoms with Gasteiger partial charge in [0.2, 0.25) is 2.86 Å². The van der Waals surface area contributed by atoms with Crippen molar-refractivity contribution >= 4 is 6.29 Å². The summed E-state index contributed by atoms with van der Waals surface area (Å²) in [5, 5.41) is 7.90. The monoisotopic (exact) mass is 106 g/mol. The van der Waals surface area contributed by atoms with Gasteiger partial charge in [-0.15, -0.1) is 0 Å². The van der Waals surface area contributed by atoms with E-state index in [-0.39, 0.29) is 13.0 Å². The summed E-state index contributed by atoms with van der Waals surface area (Å²) in [6.07, 6.45) is 0.126. The van der Waals surface area contributed by atoms with Gasteiger partial charge >= 0.3 is 0 Å². The van der Waals surface area contributed by atoms with E-state index in [2.05, 4.69) is 10.2 Å². The number of aliphatic hydroxyl groups excluding tert-OH is 2. The van der Waals surface area contributed by atoms with Crippen molar-refractivity contribution in [3.8, 4) is 0 Å². The molecule has 0 radical (unpaired) electrons. The number of hydrogen-bond acceptors (Lipinski definition) is 3. The second-order valence-corrected chi connectivity index (χ2v) is 1.19. The third-order valence-electron chi connectivity index (χ3n) is 0.545. The van der Waals surface area contributed by atoms with Crippen LogP contribution in [0.4, 0.5) is 0 Å². The van der Waals surface area contributed by atoms with Crippen LogP contribution in [-0.4, -0.2) is 32.1 Å².